The summed E-state index contributed by atoms with van der Waals surface area (Å²) in [5.74, 6) is 1.02. The van der Waals surface area contributed by atoms with Crippen LogP contribution in [0, 0.1) is 23.2 Å². The van der Waals surface area contributed by atoms with Crippen molar-refractivity contribution in [1.29, 1.82) is 0 Å². The van der Waals surface area contributed by atoms with Crippen molar-refractivity contribution in [3.05, 3.63) is 24.3 Å². The van der Waals surface area contributed by atoms with Crippen molar-refractivity contribution < 1.29 is 14.3 Å². The third-order valence-corrected chi connectivity index (χ3v) is 5.40. The molecule has 4 nitrogen and oxygen atoms in total. The average Bonchev–Trinajstić information content (AvgIpc) is 2.43. The van der Waals surface area contributed by atoms with Crippen LogP contribution in [0.2, 0.25) is 0 Å². The molecule has 0 saturated carbocycles. The molecule has 2 bridgehead atoms. The Labute approximate surface area is 133 Å². The predicted molar refractivity (Wildman–Crippen MR) is 87.6 cm³/mol. The number of nitrogens with one attached hydrogen (secondary N) is 1. The summed E-state index contributed by atoms with van der Waals surface area (Å²) < 4.78 is 11.6. The molecule has 2 aliphatic rings. The van der Waals surface area contributed by atoms with Crippen molar-refractivity contribution in [2.45, 2.75) is 46.8 Å². The lowest BCUT2D eigenvalue weighted by atomic mass is 9.56. The van der Waals surface area contributed by atoms with Gasteiger partial charge in [0.15, 0.2) is 0 Å². The van der Waals surface area contributed by atoms with Crippen LogP contribution in [0.4, 0.5) is 4.79 Å². The van der Waals surface area contributed by atoms with Crippen LogP contribution in [0.1, 0.15) is 34.6 Å². The lowest BCUT2D eigenvalue weighted by Crippen LogP contribution is -2.56. The summed E-state index contributed by atoms with van der Waals surface area (Å²) in [5, 5.41) is 2.78. The second kappa shape index (κ2) is 6.45. The van der Waals surface area contributed by atoms with Gasteiger partial charge in [-0.2, -0.15) is 0 Å². The van der Waals surface area contributed by atoms with Crippen molar-refractivity contribution in [3.8, 4) is 0 Å². The number of hydrogen-bond acceptors (Lipinski definition) is 3. The molecule has 1 amide bonds. The van der Waals surface area contributed by atoms with Crippen LogP contribution in [0.15, 0.2) is 24.3 Å². The summed E-state index contributed by atoms with van der Waals surface area (Å²) in [6, 6.07) is 0.0776. The summed E-state index contributed by atoms with van der Waals surface area (Å²) in [4.78, 5) is 11.8. The van der Waals surface area contributed by atoms with E-state index in [0.717, 1.165) is 0 Å². The van der Waals surface area contributed by atoms with E-state index in [0.29, 0.717) is 31.0 Å². The largest absolute Gasteiger partial charge is 0.449 e. The van der Waals surface area contributed by atoms with Gasteiger partial charge in [-0.1, -0.05) is 31.6 Å². The van der Waals surface area contributed by atoms with Gasteiger partial charge in [-0.25, -0.2) is 4.79 Å². The molecule has 1 heterocycles. The van der Waals surface area contributed by atoms with Gasteiger partial charge in [-0.3, -0.25) is 0 Å². The zero-order valence-electron chi connectivity index (χ0n) is 14.4. The van der Waals surface area contributed by atoms with Crippen LogP contribution in [-0.4, -0.2) is 31.5 Å². The normalized spacial score (nSPS) is 37.5. The van der Waals surface area contributed by atoms with E-state index in [1.807, 2.05) is 19.9 Å². The quantitative estimate of drug-likeness (QED) is 0.808. The maximum absolute atomic E-state index is 11.8. The highest BCUT2D eigenvalue weighted by molar-refractivity contribution is 5.67. The highest BCUT2D eigenvalue weighted by Gasteiger charge is 2.53. The smallest absolute Gasteiger partial charge is 0.407 e. The third kappa shape index (κ3) is 2.94. The van der Waals surface area contributed by atoms with Crippen molar-refractivity contribution in [1.82, 2.24) is 5.32 Å². The lowest BCUT2D eigenvalue weighted by Gasteiger charge is -2.54. The number of ether oxygens (including phenoxy) is 2. The Kier molecular flexibility index (Phi) is 5.00. The number of hydrogen-bond donors (Lipinski definition) is 1. The fourth-order valence-electron chi connectivity index (χ4n) is 4.00. The zero-order chi connectivity index (χ0) is 16.5. The first-order chi connectivity index (χ1) is 10.3. The highest BCUT2D eigenvalue weighted by Crippen LogP contribution is 2.52. The number of carbonyl (C=O) groups is 1. The van der Waals surface area contributed by atoms with Crippen LogP contribution in [0.5, 0.6) is 0 Å². The Hall–Kier alpha value is -1.29. The molecular formula is C18H29NO3. The summed E-state index contributed by atoms with van der Waals surface area (Å²) in [6.07, 6.45) is 3.91. The van der Waals surface area contributed by atoms with E-state index in [-0.39, 0.29) is 23.7 Å². The van der Waals surface area contributed by atoms with E-state index in [9.17, 15) is 4.79 Å². The lowest BCUT2D eigenvalue weighted by molar-refractivity contribution is -0.149. The van der Waals surface area contributed by atoms with Gasteiger partial charge in [0.2, 0.25) is 0 Å². The number of amides is 1. The highest BCUT2D eigenvalue weighted by atomic mass is 16.6. The Morgan fingerprint density at radius 3 is 2.86 bits per heavy atom. The van der Waals surface area contributed by atoms with Gasteiger partial charge < -0.3 is 14.8 Å². The summed E-state index contributed by atoms with van der Waals surface area (Å²) in [6.45, 7) is 15.3. The van der Waals surface area contributed by atoms with E-state index in [2.05, 4.69) is 38.7 Å². The molecule has 0 aromatic rings. The molecule has 1 N–H and O–H groups in total. The van der Waals surface area contributed by atoms with Gasteiger partial charge in [0.05, 0.1) is 12.7 Å². The average molecular weight is 307 g/mol. The van der Waals surface area contributed by atoms with Gasteiger partial charge in [0.1, 0.15) is 6.61 Å². The van der Waals surface area contributed by atoms with Gasteiger partial charge in [-0.15, -0.1) is 6.58 Å². The predicted octanol–water partition coefficient (Wildman–Crippen LogP) is 3.54. The number of alkyl carbamates (subject to hydrolysis) is 1. The second-order valence-electron chi connectivity index (χ2n) is 7.13. The zero-order valence-corrected chi connectivity index (χ0v) is 14.4. The minimum Gasteiger partial charge on any atom is -0.449 e. The van der Waals surface area contributed by atoms with E-state index >= 15 is 0 Å². The second-order valence-corrected chi connectivity index (χ2v) is 7.13. The minimum absolute atomic E-state index is 0.0522. The molecule has 2 rings (SSSR count). The monoisotopic (exact) mass is 307 g/mol. The Morgan fingerprint density at radius 2 is 2.27 bits per heavy atom. The first kappa shape index (κ1) is 17.1. The SMILES string of the molecule is C=C[C@@H]1OC[C@]2(COC(=O)NC(C)C)[C@H](C)[C@@H]1C(C)=C[C@@H]2C. The van der Waals surface area contributed by atoms with Crippen LogP contribution in [-0.2, 0) is 9.47 Å². The molecule has 5 atom stereocenters. The molecule has 4 heteroatoms. The molecule has 1 saturated heterocycles. The molecular weight excluding hydrogens is 278 g/mol. The molecule has 0 unspecified atom stereocenters. The van der Waals surface area contributed by atoms with Crippen LogP contribution in [0.25, 0.3) is 0 Å². The fraction of sp³-hybridized carbons (Fsp3) is 0.722. The fourth-order valence-corrected chi connectivity index (χ4v) is 4.00. The van der Waals surface area contributed by atoms with E-state index in [1.54, 1.807) is 0 Å². The van der Waals surface area contributed by atoms with Crippen LogP contribution >= 0.6 is 0 Å². The summed E-state index contributed by atoms with van der Waals surface area (Å²) >= 11 is 0. The van der Waals surface area contributed by atoms with Crippen molar-refractivity contribution in [3.63, 3.8) is 0 Å². The van der Waals surface area contributed by atoms with Crippen LogP contribution < -0.4 is 5.32 Å². The molecule has 0 spiro atoms. The van der Waals surface area contributed by atoms with Crippen molar-refractivity contribution in [2.75, 3.05) is 13.2 Å². The number of carbonyl (C=O) groups excluding carboxylic acids is 1. The maximum Gasteiger partial charge on any atom is 0.407 e. The van der Waals surface area contributed by atoms with E-state index in [4.69, 9.17) is 9.47 Å². The number of rotatable bonds is 4. The van der Waals surface area contributed by atoms with Gasteiger partial charge in [0.25, 0.3) is 0 Å². The first-order valence-electron chi connectivity index (χ1n) is 8.17. The molecule has 22 heavy (non-hydrogen) atoms. The molecule has 0 aromatic heterocycles. The van der Waals surface area contributed by atoms with Gasteiger partial charge in [-0.05, 0) is 32.6 Å². The molecule has 1 aliphatic heterocycles. The standard InChI is InChI=1S/C18H29NO3/c1-7-15-16-12(4)8-13(5)18(9-21-15,14(16)6)10-22-17(20)19-11(2)3/h7-8,11,13-16H,1,9-10H2,2-6H3,(H,19,20)/t13-,14+,15-,16-,18+/m0/s1. The summed E-state index contributed by atoms with van der Waals surface area (Å²) in [7, 11) is 0. The Balaban J connectivity index is 2.18. The molecule has 1 fully saturated rings. The third-order valence-electron chi connectivity index (χ3n) is 5.40. The topological polar surface area (TPSA) is 47.6 Å². The van der Waals surface area contributed by atoms with Crippen LogP contribution in [0.3, 0.4) is 0 Å². The maximum atomic E-state index is 11.8. The molecule has 0 aromatic carbocycles. The molecule has 0 radical (unpaired) electrons. The van der Waals surface area contributed by atoms with Crippen molar-refractivity contribution >= 4 is 6.09 Å². The van der Waals surface area contributed by atoms with Gasteiger partial charge >= 0.3 is 6.09 Å². The number of fused-ring (bicyclic) bond motifs is 2. The summed E-state index contributed by atoms with van der Waals surface area (Å²) in [5.41, 5.74) is 1.20. The van der Waals surface area contributed by atoms with E-state index in [1.165, 1.54) is 5.57 Å². The minimum atomic E-state index is -0.350. The first-order valence-corrected chi connectivity index (χ1v) is 8.17. The van der Waals surface area contributed by atoms with E-state index < -0.39 is 0 Å². The van der Waals surface area contributed by atoms with Crippen molar-refractivity contribution in [2.24, 2.45) is 23.2 Å². The number of allylic oxidation sites excluding steroid dienone is 1. The Bertz CT molecular complexity index is 471. The Morgan fingerprint density at radius 1 is 1.59 bits per heavy atom. The van der Waals surface area contributed by atoms with Gasteiger partial charge in [0, 0.05) is 17.4 Å². The molecule has 1 aliphatic carbocycles. The molecule has 124 valence electrons.